The number of amides is 1. The number of hydrogen-bond donors (Lipinski definition) is 1. The van der Waals surface area contributed by atoms with Crippen molar-refractivity contribution in [2.24, 2.45) is 0 Å². The minimum Gasteiger partial charge on any atom is -0.400 e. The topological polar surface area (TPSA) is 75.5 Å². The zero-order valence-corrected chi connectivity index (χ0v) is 16.0. The average Bonchev–Trinajstić information content (AvgIpc) is 3.09. The number of carbonyl (C=O) groups excluding carboxylic acids is 1. The van der Waals surface area contributed by atoms with Crippen LogP contribution in [0.25, 0.3) is 0 Å². The van der Waals surface area contributed by atoms with E-state index in [0.717, 1.165) is 16.7 Å². The fourth-order valence-corrected chi connectivity index (χ4v) is 6.79. The first-order chi connectivity index (χ1) is 12.4. The van der Waals surface area contributed by atoms with Crippen molar-refractivity contribution in [1.29, 1.82) is 0 Å². The van der Waals surface area contributed by atoms with Gasteiger partial charge in [0.15, 0.2) is 6.10 Å². The van der Waals surface area contributed by atoms with E-state index in [4.69, 9.17) is 4.74 Å². The number of nitrogens with zero attached hydrogens (tertiary/aromatic N) is 1. The first-order valence-electron chi connectivity index (χ1n) is 8.19. The summed E-state index contributed by atoms with van der Waals surface area (Å²) in [4.78, 5) is 12.6. The minimum atomic E-state index is -3.73. The number of nitrogens with one attached hydrogen (secondary N) is 1. The van der Waals surface area contributed by atoms with Crippen LogP contribution >= 0.6 is 0 Å². The molecule has 1 N–H and O–H groups in total. The number of carbonyl (C=O) groups is 1. The maximum atomic E-state index is 12.7. The lowest BCUT2D eigenvalue weighted by Crippen LogP contribution is -2.33. The third-order valence-electron chi connectivity index (χ3n) is 4.69. The molecule has 4 rings (SSSR count). The van der Waals surface area contributed by atoms with Crippen molar-refractivity contribution >= 4 is 27.0 Å². The quantitative estimate of drug-likeness (QED) is 0.816. The molecule has 0 saturated carbocycles. The summed E-state index contributed by atoms with van der Waals surface area (Å²) in [5.41, 5.74) is 3.14. The molecule has 0 radical (unpaired) electrons. The van der Waals surface area contributed by atoms with Crippen molar-refractivity contribution in [2.45, 2.75) is 30.4 Å². The second-order valence-electron chi connectivity index (χ2n) is 6.47. The Balaban J connectivity index is 1.71. The van der Waals surface area contributed by atoms with Crippen molar-refractivity contribution < 1.29 is 21.9 Å². The Hall–Kier alpha value is -2.03. The first kappa shape index (κ1) is 17.4. The van der Waals surface area contributed by atoms with Gasteiger partial charge in [0.1, 0.15) is 10.9 Å². The number of fused-ring (bicyclic) bond motifs is 3. The molecule has 0 spiro atoms. The van der Waals surface area contributed by atoms with Gasteiger partial charge >= 0.3 is 6.09 Å². The highest BCUT2D eigenvalue weighted by Crippen LogP contribution is 2.40. The number of ether oxygens (including phenoxy) is 1. The van der Waals surface area contributed by atoms with Crippen LogP contribution in [0.1, 0.15) is 22.7 Å². The van der Waals surface area contributed by atoms with Gasteiger partial charge in [-0.1, -0.05) is 45.9 Å². The Labute approximate surface area is 155 Å². The third kappa shape index (κ3) is 2.87. The Morgan fingerprint density at radius 2 is 1.85 bits per heavy atom. The molecule has 1 fully saturated rings. The molecule has 3 atom stereocenters. The molecule has 2 aromatic carbocycles. The summed E-state index contributed by atoms with van der Waals surface area (Å²) in [7, 11) is -4.78. The first-order valence-corrected chi connectivity index (χ1v) is 11.3. The summed E-state index contributed by atoms with van der Waals surface area (Å²) >= 11 is 0. The van der Waals surface area contributed by atoms with Crippen molar-refractivity contribution in [3.63, 3.8) is 0 Å². The second kappa shape index (κ2) is 6.29. The zero-order valence-electron chi connectivity index (χ0n) is 14.4. The molecule has 1 amide bonds. The summed E-state index contributed by atoms with van der Waals surface area (Å²) in [5, 5.41) is 0. The summed E-state index contributed by atoms with van der Waals surface area (Å²) in [6, 6.07) is 14.2. The van der Waals surface area contributed by atoms with Crippen molar-refractivity contribution in [2.75, 3.05) is 6.26 Å². The summed E-state index contributed by atoms with van der Waals surface area (Å²) in [6.45, 7) is 1.89. The van der Waals surface area contributed by atoms with Gasteiger partial charge in [0.05, 0.1) is 4.90 Å². The maximum absolute atomic E-state index is 12.7. The predicted octanol–water partition coefficient (Wildman–Crippen LogP) is 2.45. The monoisotopic (exact) mass is 391 g/mol. The van der Waals surface area contributed by atoms with E-state index in [2.05, 4.69) is 4.13 Å². The molecule has 0 bridgehead atoms. The van der Waals surface area contributed by atoms with Gasteiger partial charge in [-0.3, -0.25) is 0 Å². The van der Waals surface area contributed by atoms with Crippen molar-refractivity contribution in [1.82, 2.24) is 4.13 Å². The van der Waals surface area contributed by atoms with Crippen LogP contribution in [0.2, 0.25) is 0 Å². The largest absolute Gasteiger partial charge is 0.606 e. The van der Waals surface area contributed by atoms with Crippen LogP contribution in [0.5, 0.6) is 0 Å². The lowest BCUT2D eigenvalue weighted by molar-refractivity contribution is -0.437. The van der Waals surface area contributed by atoms with Crippen LogP contribution in [0.4, 0.5) is 4.79 Å². The van der Waals surface area contributed by atoms with E-state index in [0.29, 0.717) is 6.42 Å². The molecule has 8 heteroatoms. The van der Waals surface area contributed by atoms with E-state index >= 15 is 0 Å². The van der Waals surface area contributed by atoms with Crippen LogP contribution < -0.4 is 4.13 Å². The van der Waals surface area contributed by atoms with E-state index in [1.807, 2.05) is 31.2 Å². The molecule has 0 aromatic heterocycles. The minimum absolute atomic E-state index is 0.179. The van der Waals surface area contributed by atoms with E-state index in [-0.39, 0.29) is 17.0 Å². The number of hydrogen-bond acceptors (Lipinski definition) is 4. The molecule has 1 heterocycles. The van der Waals surface area contributed by atoms with Gasteiger partial charge in [-0.15, -0.1) is 4.13 Å². The van der Waals surface area contributed by atoms with Crippen molar-refractivity contribution in [3.8, 4) is 0 Å². The number of benzene rings is 2. The molecule has 1 saturated heterocycles. The lowest BCUT2D eigenvalue weighted by atomic mass is 10.1. The van der Waals surface area contributed by atoms with Crippen LogP contribution in [-0.4, -0.2) is 30.8 Å². The Morgan fingerprint density at radius 1 is 1.15 bits per heavy atom. The summed E-state index contributed by atoms with van der Waals surface area (Å²) in [6.07, 6.45) is 1.60. The fraction of sp³-hybridized carbons (Fsp3) is 0.278. The third-order valence-corrected chi connectivity index (χ3v) is 8.39. The number of sulfonamides is 1. The Kier molecular flexibility index (Phi) is 4.21. The van der Waals surface area contributed by atoms with Gasteiger partial charge in [0.2, 0.25) is 6.04 Å². The normalized spacial score (nSPS) is 24.1. The van der Waals surface area contributed by atoms with Crippen LogP contribution in [-0.2, 0) is 32.1 Å². The van der Waals surface area contributed by atoms with E-state index in [1.54, 1.807) is 30.5 Å². The van der Waals surface area contributed by atoms with Gasteiger partial charge in [-0.05, 0) is 24.6 Å². The molecule has 0 unspecified atom stereocenters. The molecule has 1 aliphatic heterocycles. The van der Waals surface area contributed by atoms with Crippen LogP contribution in [0.15, 0.2) is 53.4 Å². The SMILES string of the molecule is Cc1ccc(S(=O)(=O)N/[S@](C)=[N+]2/C(=O)O[C@H]3Cc4ccccc4[C@H]32)cc1. The molecule has 136 valence electrons. The van der Waals surface area contributed by atoms with E-state index in [1.165, 1.54) is 3.95 Å². The maximum Gasteiger partial charge on any atom is 0.606 e. The summed E-state index contributed by atoms with van der Waals surface area (Å²) in [5.74, 6) is 0. The number of aryl methyl sites for hydroxylation is 1. The van der Waals surface area contributed by atoms with Crippen molar-refractivity contribution in [3.05, 3.63) is 65.2 Å². The Morgan fingerprint density at radius 3 is 2.58 bits per heavy atom. The van der Waals surface area contributed by atoms with Crippen LogP contribution in [0, 0.1) is 6.92 Å². The highest BCUT2D eigenvalue weighted by molar-refractivity contribution is 8.01. The molecule has 26 heavy (non-hydrogen) atoms. The molecular weight excluding hydrogens is 372 g/mol. The molecule has 2 aromatic rings. The van der Waals surface area contributed by atoms with Gasteiger partial charge in [0, 0.05) is 18.2 Å². The Bertz CT molecular complexity index is 1030. The standard InChI is InChI=1S/C18H18N2O4S2/c1-12-7-9-14(10-8-12)26(22,23)19-25(2)20-17-15-6-4-3-5-13(15)11-16(17)24-18(20)21/h3-10,16-17H,11H2,1-2H3/p+1/t16-,17+,25-/m0/s1. The predicted molar refractivity (Wildman–Crippen MR) is 98.2 cm³/mol. The van der Waals surface area contributed by atoms with Gasteiger partial charge in [0.25, 0.3) is 10.0 Å². The summed E-state index contributed by atoms with van der Waals surface area (Å²) < 4.78 is 35.0. The van der Waals surface area contributed by atoms with Gasteiger partial charge in [-0.25, -0.2) is 8.42 Å². The average molecular weight is 391 g/mol. The molecule has 2 aliphatic rings. The molecule has 1 aliphatic carbocycles. The number of rotatable bonds is 3. The smallest absolute Gasteiger partial charge is 0.400 e. The van der Waals surface area contributed by atoms with Gasteiger partial charge in [-0.2, -0.15) is 4.79 Å². The van der Waals surface area contributed by atoms with E-state index < -0.39 is 27.0 Å². The zero-order chi connectivity index (χ0) is 18.5. The van der Waals surface area contributed by atoms with E-state index in [9.17, 15) is 13.2 Å². The van der Waals surface area contributed by atoms with Crippen LogP contribution in [0.3, 0.4) is 0 Å². The molecule has 6 nitrogen and oxygen atoms in total. The highest BCUT2D eigenvalue weighted by atomic mass is 32.3. The van der Waals surface area contributed by atoms with Gasteiger partial charge < -0.3 is 4.74 Å². The fourth-order valence-electron chi connectivity index (χ4n) is 3.46. The second-order valence-corrected chi connectivity index (χ2v) is 9.97. The lowest BCUT2D eigenvalue weighted by Gasteiger charge is -2.08. The molecular formula is C18H19N2O4S2+. The highest BCUT2D eigenvalue weighted by Gasteiger charge is 2.54.